The fraction of sp³-hybridized carbons (Fsp3) is 0.500. The molecule has 0 spiro atoms. The van der Waals surface area contributed by atoms with Crippen molar-refractivity contribution in [1.82, 2.24) is 0 Å². The molecule has 17 heavy (non-hydrogen) atoms. The molecule has 1 heterocycles. The predicted molar refractivity (Wildman–Crippen MR) is 63.2 cm³/mol. The molecule has 3 nitrogen and oxygen atoms in total. The summed E-state index contributed by atoms with van der Waals surface area (Å²) in [6.45, 7) is 3.32. The van der Waals surface area contributed by atoms with Gasteiger partial charge in [-0.3, -0.25) is 0 Å². The van der Waals surface area contributed by atoms with Gasteiger partial charge in [-0.05, 0) is 12.1 Å². The average molecular weight is 260 g/mol. The zero-order valence-corrected chi connectivity index (χ0v) is 10.3. The van der Waals surface area contributed by atoms with Gasteiger partial charge >= 0.3 is 0 Å². The van der Waals surface area contributed by atoms with Crippen LogP contribution in [0.3, 0.4) is 0 Å². The van der Waals surface area contributed by atoms with Gasteiger partial charge in [0.05, 0.1) is 24.8 Å². The molecule has 0 unspecified atom stereocenters. The molecule has 0 aromatic heterocycles. The molecule has 0 radical (unpaired) electrons. The molecule has 2 rings (SSSR count). The maximum Gasteiger partial charge on any atom is 0.207 e. The summed E-state index contributed by atoms with van der Waals surface area (Å²) in [4.78, 5) is 0. The molecule has 1 saturated heterocycles. The van der Waals surface area contributed by atoms with E-state index in [1.807, 2.05) is 6.92 Å². The molecule has 0 amide bonds. The van der Waals surface area contributed by atoms with Crippen molar-refractivity contribution in [3.8, 4) is 0 Å². The van der Waals surface area contributed by atoms with Crippen molar-refractivity contribution in [2.45, 2.75) is 12.7 Å². The van der Waals surface area contributed by atoms with E-state index in [2.05, 4.69) is 0 Å². The molecule has 1 aliphatic heterocycles. The van der Waals surface area contributed by atoms with Crippen LogP contribution in [0.2, 0.25) is 5.02 Å². The van der Waals surface area contributed by atoms with Crippen LogP contribution < -0.4 is 5.73 Å². The Kier molecular flexibility index (Phi) is 3.68. The predicted octanol–water partition coefficient (Wildman–Crippen LogP) is 2.27. The van der Waals surface area contributed by atoms with E-state index in [1.54, 1.807) is 6.07 Å². The summed E-state index contributed by atoms with van der Waals surface area (Å²) in [5.74, 6) is -1.14. The van der Waals surface area contributed by atoms with Gasteiger partial charge in [0.1, 0.15) is 5.82 Å². The lowest BCUT2D eigenvalue weighted by Crippen LogP contribution is -2.46. The van der Waals surface area contributed by atoms with Crippen LogP contribution in [-0.2, 0) is 15.3 Å². The first kappa shape index (κ1) is 12.8. The standard InChI is InChI=1S/C12H15ClFNO2/c1-8-5-16-12(7-15,17-6-8)9-2-3-11(14)10(13)4-9/h2-4,8H,5-7,15H2,1H3. The number of nitrogens with two attached hydrogens (primary N) is 1. The van der Waals surface area contributed by atoms with E-state index in [-0.39, 0.29) is 11.6 Å². The van der Waals surface area contributed by atoms with Gasteiger partial charge in [0.15, 0.2) is 0 Å². The Balaban J connectivity index is 2.31. The second-order valence-corrected chi connectivity index (χ2v) is 4.72. The summed E-state index contributed by atoms with van der Waals surface area (Å²) >= 11 is 5.75. The van der Waals surface area contributed by atoms with Crippen LogP contribution in [0.1, 0.15) is 12.5 Å². The van der Waals surface area contributed by atoms with Gasteiger partial charge in [-0.1, -0.05) is 24.6 Å². The maximum atomic E-state index is 13.1. The Bertz CT molecular complexity index is 405. The highest BCUT2D eigenvalue weighted by molar-refractivity contribution is 6.30. The third kappa shape index (κ3) is 2.45. The van der Waals surface area contributed by atoms with Crippen LogP contribution in [0.4, 0.5) is 4.39 Å². The van der Waals surface area contributed by atoms with Crippen molar-refractivity contribution in [3.63, 3.8) is 0 Å². The molecule has 1 fully saturated rings. The summed E-state index contributed by atoms with van der Waals surface area (Å²) in [6.07, 6.45) is 0. The second-order valence-electron chi connectivity index (χ2n) is 4.31. The first-order chi connectivity index (χ1) is 8.07. The van der Waals surface area contributed by atoms with E-state index < -0.39 is 11.6 Å². The number of ether oxygens (including phenoxy) is 2. The minimum absolute atomic E-state index is 0.0427. The van der Waals surface area contributed by atoms with Crippen LogP contribution in [0.5, 0.6) is 0 Å². The molecule has 1 aromatic carbocycles. The number of hydrogen-bond donors (Lipinski definition) is 1. The van der Waals surface area contributed by atoms with Gasteiger partial charge in [0.2, 0.25) is 5.79 Å². The average Bonchev–Trinajstić information content (AvgIpc) is 2.34. The Morgan fingerprint density at radius 2 is 2.12 bits per heavy atom. The zero-order chi connectivity index (χ0) is 12.5. The Hall–Kier alpha value is -0.680. The van der Waals surface area contributed by atoms with Gasteiger partial charge in [-0.15, -0.1) is 0 Å². The zero-order valence-electron chi connectivity index (χ0n) is 9.58. The Labute approximate surface area is 105 Å². The monoisotopic (exact) mass is 259 g/mol. The molecule has 1 aliphatic rings. The van der Waals surface area contributed by atoms with Crippen molar-refractivity contribution in [1.29, 1.82) is 0 Å². The van der Waals surface area contributed by atoms with Gasteiger partial charge < -0.3 is 15.2 Å². The van der Waals surface area contributed by atoms with Gasteiger partial charge in [0, 0.05) is 11.5 Å². The summed E-state index contributed by atoms with van der Waals surface area (Å²) in [7, 11) is 0. The van der Waals surface area contributed by atoms with Crippen LogP contribution in [0.15, 0.2) is 18.2 Å². The molecular formula is C12H15ClFNO2. The van der Waals surface area contributed by atoms with Crippen molar-refractivity contribution in [2.75, 3.05) is 19.8 Å². The minimum Gasteiger partial charge on any atom is -0.344 e. The van der Waals surface area contributed by atoms with E-state index in [4.69, 9.17) is 26.8 Å². The van der Waals surface area contributed by atoms with Crippen molar-refractivity contribution >= 4 is 11.6 Å². The topological polar surface area (TPSA) is 44.5 Å². The highest BCUT2D eigenvalue weighted by atomic mass is 35.5. The number of hydrogen-bond acceptors (Lipinski definition) is 3. The lowest BCUT2D eigenvalue weighted by molar-refractivity contribution is -0.284. The van der Waals surface area contributed by atoms with Gasteiger partial charge in [0.25, 0.3) is 0 Å². The van der Waals surface area contributed by atoms with Crippen LogP contribution in [0, 0.1) is 11.7 Å². The molecule has 1 aromatic rings. The third-order valence-electron chi connectivity index (χ3n) is 2.83. The first-order valence-electron chi connectivity index (χ1n) is 5.51. The molecule has 0 saturated carbocycles. The second kappa shape index (κ2) is 4.90. The summed E-state index contributed by atoms with van der Waals surface area (Å²) in [6, 6.07) is 4.38. The molecule has 0 aliphatic carbocycles. The highest BCUT2D eigenvalue weighted by Crippen LogP contribution is 2.33. The summed E-state index contributed by atoms with van der Waals surface area (Å²) in [5.41, 5.74) is 6.37. The van der Waals surface area contributed by atoms with Crippen LogP contribution >= 0.6 is 11.6 Å². The van der Waals surface area contributed by atoms with E-state index in [0.29, 0.717) is 24.7 Å². The minimum atomic E-state index is -0.996. The molecule has 0 bridgehead atoms. The lowest BCUT2D eigenvalue weighted by atomic mass is 10.0. The van der Waals surface area contributed by atoms with E-state index in [1.165, 1.54) is 12.1 Å². The van der Waals surface area contributed by atoms with Crippen LogP contribution in [-0.4, -0.2) is 19.8 Å². The fourth-order valence-electron chi connectivity index (χ4n) is 1.78. The number of halogens is 2. The van der Waals surface area contributed by atoms with E-state index in [9.17, 15) is 4.39 Å². The van der Waals surface area contributed by atoms with E-state index in [0.717, 1.165) is 0 Å². The Morgan fingerprint density at radius 1 is 1.47 bits per heavy atom. The van der Waals surface area contributed by atoms with Crippen molar-refractivity contribution in [3.05, 3.63) is 34.6 Å². The first-order valence-corrected chi connectivity index (χ1v) is 5.89. The molecule has 0 atom stereocenters. The quantitative estimate of drug-likeness (QED) is 0.886. The Morgan fingerprint density at radius 3 is 2.65 bits per heavy atom. The molecule has 94 valence electrons. The SMILES string of the molecule is CC1COC(CN)(c2ccc(F)c(Cl)c2)OC1. The van der Waals surface area contributed by atoms with Crippen molar-refractivity contribution in [2.24, 2.45) is 11.7 Å². The van der Waals surface area contributed by atoms with Crippen LogP contribution in [0.25, 0.3) is 0 Å². The largest absolute Gasteiger partial charge is 0.344 e. The number of rotatable bonds is 2. The highest BCUT2D eigenvalue weighted by Gasteiger charge is 2.37. The summed E-state index contributed by atoms with van der Waals surface area (Å²) in [5, 5.41) is 0.0427. The van der Waals surface area contributed by atoms with Gasteiger partial charge in [-0.25, -0.2) is 4.39 Å². The number of benzene rings is 1. The molecule has 2 N–H and O–H groups in total. The smallest absolute Gasteiger partial charge is 0.207 e. The molecular weight excluding hydrogens is 245 g/mol. The lowest BCUT2D eigenvalue weighted by Gasteiger charge is -2.39. The summed E-state index contributed by atoms with van der Waals surface area (Å²) < 4.78 is 24.5. The fourth-order valence-corrected chi connectivity index (χ4v) is 1.96. The van der Waals surface area contributed by atoms with Gasteiger partial charge in [-0.2, -0.15) is 0 Å². The third-order valence-corrected chi connectivity index (χ3v) is 3.12. The maximum absolute atomic E-state index is 13.1. The molecule has 5 heteroatoms. The van der Waals surface area contributed by atoms with E-state index >= 15 is 0 Å². The van der Waals surface area contributed by atoms with Crippen molar-refractivity contribution < 1.29 is 13.9 Å². The normalized spacial score (nSPS) is 29.3.